The highest BCUT2D eigenvalue weighted by Gasteiger charge is 2.30. The molecule has 1 aliphatic carbocycles. The van der Waals surface area contributed by atoms with Crippen LogP contribution in [0.3, 0.4) is 0 Å². The molecule has 5 heteroatoms. The lowest BCUT2D eigenvalue weighted by Crippen LogP contribution is -2.45. The van der Waals surface area contributed by atoms with E-state index >= 15 is 0 Å². The summed E-state index contributed by atoms with van der Waals surface area (Å²) in [7, 11) is 0. The van der Waals surface area contributed by atoms with Gasteiger partial charge in [-0.3, -0.25) is 4.79 Å². The molecule has 1 saturated carbocycles. The van der Waals surface area contributed by atoms with Crippen molar-refractivity contribution in [1.82, 2.24) is 4.90 Å². The molecule has 1 atom stereocenters. The van der Waals surface area contributed by atoms with Crippen LogP contribution in [-0.4, -0.2) is 36.1 Å². The van der Waals surface area contributed by atoms with Crippen LogP contribution in [0.5, 0.6) is 0 Å². The molecular weight excluding hydrogens is 256 g/mol. The maximum Gasteiger partial charge on any atom is 0.314 e. The van der Waals surface area contributed by atoms with Crippen molar-refractivity contribution in [3.05, 3.63) is 0 Å². The van der Waals surface area contributed by atoms with Gasteiger partial charge in [0.15, 0.2) is 0 Å². The quantitative estimate of drug-likeness (QED) is 0.791. The van der Waals surface area contributed by atoms with Gasteiger partial charge in [-0.2, -0.15) is 0 Å². The van der Waals surface area contributed by atoms with Crippen LogP contribution < -0.4 is 5.73 Å². The Balaban J connectivity index is 1.82. The third kappa shape index (κ3) is 4.39. The molecule has 20 heavy (non-hydrogen) atoms. The fraction of sp³-hybridized carbons (Fsp3) is 0.867. The molecule has 5 nitrogen and oxygen atoms in total. The Labute approximate surface area is 120 Å². The number of urea groups is 1. The summed E-state index contributed by atoms with van der Waals surface area (Å²) in [5.41, 5.74) is 5.29. The number of nitrogens with zero attached hydrogens (tertiary/aromatic N) is 1. The van der Waals surface area contributed by atoms with Crippen molar-refractivity contribution in [2.24, 2.45) is 11.7 Å². The van der Waals surface area contributed by atoms with Gasteiger partial charge in [0.05, 0.1) is 5.92 Å². The number of amides is 2. The largest absolute Gasteiger partial charge is 0.462 e. The normalized spacial score (nSPS) is 25.6. The first-order valence-electron chi connectivity index (χ1n) is 7.91. The Morgan fingerprint density at radius 1 is 0.950 bits per heavy atom. The number of nitrogens with two attached hydrogens (primary N) is 1. The Hall–Kier alpha value is -1.26. The van der Waals surface area contributed by atoms with E-state index in [-0.39, 0.29) is 18.0 Å². The van der Waals surface area contributed by atoms with E-state index in [1.165, 1.54) is 19.3 Å². The van der Waals surface area contributed by atoms with Crippen molar-refractivity contribution >= 4 is 12.0 Å². The van der Waals surface area contributed by atoms with Gasteiger partial charge in [0, 0.05) is 13.1 Å². The van der Waals surface area contributed by atoms with Gasteiger partial charge < -0.3 is 15.4 Å². The summed E-state index contributed by atoms with van der Waals surface area (Å²) in [4.78, 5) is 25.0. The molecule has 2 amide bonds. The second-order valence-corrected chi connectivity index (χ2v) is 6.03. The van der Waals surface area contributed by atoms with Crippen LogP contribution in [-0.2, 0) is 9.53 Å². The van der Waals surface area contributed by atoms with Gasteiger partial charge in [-0.15, -0.1) is 0 Å². The van der Waals surface area contributed by atoms with E-state index in [9.17, 15) is 9.59 Å². The standard InChI is InChI=1S/C15H26N2O3/c16-15(19)17-10-6-7-12(11-17)14(18)20-13-8-4-2-1-3-5-9-13/h12-13H,1-11H2,(H2,16,19)/t12-/m0/s1. The maximum absolute atomic E-state index is 12.2. The zero-order valence-electron chi connectivity index (χ0n) is 12.2. The summed E-state index contributed by atoms with van der Waals surface area (Å²) in [6, 6.07) is -0.437. The first kappa shape index (κ1) is 15.1. The van der Waals surface area contributed by atoms with Crippen LogP contribution in [0.2, 0.25) is 0 Å². The zero-order valence-corrected chi connectivity index (χ0v) is 12.2. The molecule has 0 aromatic carbocycles. The molecule has 0 unspecified atom stereocenters. The number of hydrogen-bond acceptors (Lipinski definition) is 3. The van der Waals surface area contributed by atoms with Crippen molar-refractivity contribution in [2.75, 3.05) is 13.1 Å². The summed E-state index contributed by atoms with van der Waals surface area (Å²) in [6.07, 6.45) is 9.76. The molecule has 0 bridgehead atoms. The zero-order chi connectivity index (χ0) is 14.4. The Morgan fingerprint density at radius 3 is 2.25 bits per heavy atom. The number of carbonyl (C=O) groups excluding carboxylic acids is 2. The number of hydrogen-bond donors (Lipinski definition) is 1. The lowest BCUT2D eigenvalue weighted by Gasteiger charge is -2.31. The van der Waals surface area contributed by atoms with Gasteiger partial charge in [0.1, 0.15) is 6.10 Å². The highest BCUT2D eigenvalue weighted by atomic mass is 16.5. The van der Waals surface area contributed by atoms with E-state index in [1.807, 2.05) is 0 Å². The fourth-order valence-electron chi connectivity index (χ4n) is 3.17. The molecule has 2 N–H and O–H groups in total. The van der Waals surface area contributed by atoms with Gasteiger partial charge >= 0.3 is 12.0 Å². The van der Waals surface area contributed by atoms with Crippen molar-refractivity contribution in [3.63, 3.8) is 0 Å². The molecule has 1 heterocycles. The van der Waals surface area contributed by atoms with Gasteiger partial charge in [0.25, 0.3) is 0 Å². The van der Waals surface area contributed by atoms with E-state index in [1.54, 1.807) is 4.90 Å². The summed E-state index contributed by atoms with van der Waals surface area (Å²) >= 11 is 0. The van der Waals surface area contributed by atoms with Crippen molar-refractivity contribution in [2.45, 2.75) is 63.9 Å². The van der Waals surface area contributed by atoms with Crippen LogP contribution in [0, 0.1) is 5.92 Å². The van der Waals surface area contributed by atoms with E-state index in [0.29, 0.717) is 13.1 Å². The Kier molecular flexibility index (Phi) is 5.68. The topological polar surface area (TPSA) is 72.6 Å². The van der Waals surface area contributed by atoms with Gasteiger partial charge in [-0.05, 0) is 38.5 Å². The fourth-order valence-corrected chi connectivity index (χ4v) is 3.17. The molecule has 2 fully saturated rings. The molecule has 1 saturated heterocycles. The lowest BCUT2D eigenvalue weighted by molar-refractivity contribution is -0.156. The minimum Gasteiger partial charge on any atom is -0.462 e. The van der Waals surface area contributed by atoms with Gasteiger partial charge in [-0.25, -0.2) is 4.79 Å². The molecule has 2 rings (SSSR count). The monoisotopic (exact) mass is 282 g/mol. The van der Waals surface area contributed by atoms with Crippen molar-refractivity contribution in [1.29, 1.82) is 0 Å². The van der Waals surface area contributed by atoms with E-state index in [0.717, 1.165) is 38.5 Å². The highest BCUT2D eigenvalue weighted by molar-refractivity contribution is 5.76. The SMILES string of the molecule is NC(=O)N1CCC[C@H](C(=O)OC2CCCCCCC2)C1. The number of ether oxygens (including phenoxy) is 1. The summed E-state index contributed by atoms with van der Waals surface area (Å²) < 4.78 is 5.68. The molecule has 114 valence electrons. The lowest BCUT2D eigenvalue weighted by atomic mass is 9.96. The minimum absolute atomic E-state index is 0.0757. The predicted molar refractivity (Wildman–Crippen MR) is 76.1 cm³/mol. The number of carbonyl (C=O) groups is 2. The summed E-state index contributed by atoms with van der Waals surface area (Å²) in [5, 5.41) is 0. The highest BCUT2D eigenvalue weighted by Crippen LogP contribution is 2.23. The third-order valence-electron chi connectivity index (χ3n) is 4.40. The van der Waals surface area contributed by atoms with E-state index in [2.05, 4.69) is 0 Å². The van der Waals surface area contributed by atoms with Crippen LogP contribution in [0.25, 0.3) is 0 Å². The molecule has 2 aliphatic rings. The maximum atomic E-state index is 12.2. The van der Waals surface area contributed by atoms with Crippen molar-refractivity contribution in [3.8, 4) is 0 Å². The molecule has 0 aromatic heterocycles. The number of esters is 1. The second kappa shape index (κ2) is 7.50. The number of piperidine rings is 1. The first-order chi connectivity index (χ1) is 9.66. The Bertz CT molecular complexity index is 338. The molecule has 0 spiro atoms. The molecule has 0 aromatic rings. The summed E-state index contributed by atoms with van der Waals surface area (Å²) in [6.45, 7) is 1.07. The smallest absolute Gasteiger partial charge is 0.314 e. The predicted octanol–water partition coefficient (Wildman–Crippen LogP) is 2.43. The Morgan fingerprint density at radius 2 is 1.60 bits per heavy atom. The van der Waals surface area contributed by atoms with Crippen molar-refractivity contribution < 1.29 is 14.3 Å². The van der Waals surface area contributed by atoms with Crippen LogP contribution >= 0.6 is 0 Å². The average Bonchev–Trinajstić information content (AvgIpc) is 2.41. The van der Waals surface area contributed by atoms with Crippen LogP contribution in [0.1, 0.15) is 57.8 Å². The molecule has 0 radical (unpaired) electrons. The summed E-state index contributed by atoms with van der Waals surface area (Å²) in [5.74, 6) is -0.330. The molecule has 1 aliphatic heterocycles. The molecular formula is C15H26N2O3. The van der Waals surface area contributed by atoms with Gasteiger partial charge in [0.2, 0.25) is 0 Å². The number of rotatable bonds is 2. The van der Waals surface area contributed by atoms with Crippen LogP contribution in [0.4, 0.5) is 4.79 Å². The average molecular weight is 282 g/mol. The number of likely N-dealkylation sites (tertiary alicyclic amines) is 1. The minimum atomic E-state index is -0.437. The van der Waals surface area contributed by atoms with Gasteiger partial charge in [-0.1, -0.05) is 19.3 Å². The van der Waals surface area contributed by atoms with E-state index in [4.69, 9.17) is 10.5 Å². The van der Waals surface area contributed by atoms with E-state index < -0.39 is 6.03 Å². The number of primary amides is 1. The first-order valence-corrected chi connectivity index (χ1v) is 7.91. The second-order valence-electron chi connectivity index (χ2n) is 6.03. The third-order valence-corrected chi connectivity index (χ3v) is 4.40. The van der Waals surface area contributed by atoms with Crippen LogP contribution in [0.15, 0.2) is 0 Å².